The SMILES string of the molecule is NNC(CC1CC1)c1c(F)cccc1Cl. The highest BCUT2D eigenvalue weighted by atomic mass is 35.5. The first-order valence-corrected chi connectivity index (χ1v) is 5.50. The van der Waals surface area contributed by atoms with Gasteiger partial charge in [-0.25, -0.2) is 4.39 Å². The molecule has 1 aromatic carbocycles. The van der Waals surface area contributed by atoms with Crippen LogP contribution in [0.15, 0.2) is 18.2 Å². The molecule has 15 heavy (non-hydrogen) atoms. The molecule has 2 nitrogen and oxygen atoms in total. The molecule has 1 aromatic rings. The van der Waals surface area contributed by atoms with E-state index in [2.05, 4.69) is 5.43 Å². The van der Waals surface area contributed by atoms with E-state index < -0.39 is 0 Å². The fourth-order valence-electron chi connectivity index (χ4n) is 1.80. The van der Waals surface area contributed by atoms with Gasteiger partial charge in [0.25, 0.3) is 0 Å². The molecule has 0 amide bonds. The fraction of sp³-hybridized carbons (Fsp3) is 0.455. The maximum Gasteiger partial charge on any atom is 0.129 e. The molecule has 1 atom stereocenters. The Morgan fingerprint density at radius 3 is 2.80 bits per heavy atom. The van der Waals surface area contributed by atoms with E-state index in [-0.39, 0.29) is 11.9 Å². The molecule has 82 valence electrons. The minimum Gasteiger partial charge on any atom is -0.271 e. The summed E-state index contributed by atoms with van der Waals surface area (Å²) in [5, 5.41) is 0.443. The summed E-state index contributed by atoms with van der Waals surface area (Å²) in [5.74, 6) is 5.83. The molecule has 2 rings (SSSR count). The van der Waals surface area contributed by atoms with Crippen LogP contribution in [-0.2, 0) is 0 Å². The van der Waals surface area contributed by atoms with Crippen LogP contribution in [0.1, 0.15) is 30.9 Å². The number of hydrogen-bond acceptors (Lipinski definition) is 2. The number of halogens is 2. The normalized spacial score (nSPS) is 17.8. The van der Waals surface area contributed by atoms with Crippen LogP contribution in [0, 0.1) is 11.7 Å². The van der Waals surface area contributed by atoms with Gasteiger partial charge >= 0.3 is 0 Å². The van der Waals surface area contributed by atoms with Crippen molar-refractivity contribution in [3.8, 4) is 0 Å². The van der Waals surface area contributed by atoms with Gasteiger partial charge in [-0.05, 0) is 24.5 Å². The van der Waals surface area contributed by atoms with E-state index >= 15 is 0 Å². The molecular weight excluding hydrogens is 215 g/mol. The Morgan fingerprint density at radius 1 is 1.53 bits per heavy atom. The van der Waals surface area contributed by atoms with Crippen LogP contribution in [0.25, 0.3) is 0 Å². The van der Waals surface area contributed by atoms with Gasteiger partial charge in [0, 0.05) is 10.6 Å². The molecule has 3 N–H and O–H groups in total. The Labute approximate surface area is 93.6 Å². The Hall–Kier alpha value is -0.640. The highest BCUT2D eigenvalue weighted by Gasteiger charge is 2.28. The summed E-state index contributed by atoms with van der Waals surface area (Å²) in [6.07, 6.45) is 3.28. The van der Waals surface area contributed by atoms with Crippen molar-refractivity contribution in [2.24, 2.45) is 11.8 Å². The van der Waals surface area contributed by atoms with Crippen molar-refractivity contribution in [3.05, 3.63) is 34.6 Å². The van der Waals surface area contributed by atoms with Gasteiger partial charge in [-0.1, -0.05) is 30.5 Å². The van der Waals surface area contributed by atoms with E-state index in [0.717, 1.165) is 6.42 Å². The molecule has 1 unspecified atom stereocenters. The topological polar surface area (TPSA) is 38.0 Å². The van der Waals surface area contributed by atoms with E-state index in [1.807, 2.05) is 0 Å². The first-order valence-electron chi connectivity index (χ1n) is 5.12. The number of hydrazine groups is 1. The summed E-state index contributed by atoms with van der Waals surface area (Å²) < 4.78 is 13.6. The smallest absolute Gasteiger partial charge is 0.129 e. The van der Waals surface area contributed by atoms with Crippen molar-refractivity contribution in [1.29, 1.82) is 0 Å². The summed E-state index contributed by atoms with van der Waals surface area (Å²) in [4.78, 5) is 0. The van der Waals surface area contributed by atoms with Gasteiger partial charge in [0.1, 0.15) is 5.82 Å². The van der Waals surface area contributed by atoms with Crippen molar-refractivity contribution >= 4 is 11.6 Å². The predicted octanol–water partition coefficient (Wildman–Crippen LogP) is 2.78. The zero-order chi connectivity index (χ0) is 10.8. The molecule has 1 saturated carbocycles. The largest absolute Gasteiger partial charge is 0.271 e. The molecule has 0 bridgehead atoms. The summed E-state index contributed by atoms with van der Waals surface area (Å²) in [7, 11) is 0. The Bertz CT molecular complexity index is 332. The lowest BCUT2D eigenvalue weighted by atomic mass is 10.0. The van der Waals surface area contributed by atoms with Crippen LogP contribution in [-0.4, -0.2) is 0 Å². The van der Waals surface area contributed by atoms with Crippen LogP contribution in [0.2, 0.25) is 5.02 Å². The van der Waals surface area contributed by atoms with Crippen LogP contribution < -0.4 is 11.3 Å². The second-order valence-corrected chi connectivity index (χ2v) is 4.44. The summed E-state index contributed by atoms with van der Waals surface area (Å²) in [6.45, 7) is 0. The van der Waals surface area contributed by atoms with Gasteiger partial charge < -0.3 is 0 Å². The molecule has 0 heterocycles. The van der Waals surface area contributed by atoms with Crippen molar-refractivity contribution in [2.45, 2.75) is 25.3 Å². The Kier molecular flexibility index (Phi) is 3.24. The van der Waals surface area contributed by atoms with Crippen molar-refractivity contribution < 1.29 is 4.39 Å². The van der Waals surface area contributed by atoms with E-state index in [0.29, 0.717) is 16.5 Å². The van der Waals surface area contributed by atoms with Crippen LogP contribution in [0.3, 0.4) is 0 Å². The van der Waals surface area contributed by atoms with Crippen molar-refractivity contribution in [3.63, 3.8) is 0 Å². The third-order valence-corrected chi connectivity index (χ3v) is 3.14. The first-order chi connectivity index (χ1) is 7.22. The molecule has 4 heteroatoms. The van der Waals surface area contributed by atoms with Gasteiger partial charge in [-0.2, -0.15) is 0 Å². The van der Waals surface area contributed by atoms with Gasteiger partial charge in [-0.15, -0.1) is 0 Å². The van der Waals surface area contributed by atoms with Gasteiger partial charge in [0.05, 0.1) is 6.04 Å². The molecule has 1 aliphatic carbocycles. The summed E-state index contributed by atoms with van der Waals surface area (Å²) >= 11 is 5.97. The molecule has 1 fully saturated rings. The average Bonchev–Trinajstić information content (AvgIpc) is 2.99. The van der Waals surface area contributed by atoms with Crippen molar-refractivity contribution in [1.82, 2.24) is 5.43 Å². The molecule has 0 radical (unpaired) electrons. The number of benzene rings is 1. The van der Waals surface area contributed by atoms with Crippen LogP contribution in [0.4, 0.5) is 4.39 Å². The van der Waals surface area contributed by atoms with E-state index in [1.54, 1.807) is 12.1 Å². The molecular formula is C11H14ClFN2. The Morgan fingerprint density at radius 2 is 2.27 bits per heavy atom. The van der Waals surface area contributed by atoms with E-state index in [1.165, 1.54) is 18.9 Å². The molecule has 0 saturated heterocycles. The predicted molar refractivity (Wildman–Crippen MR) is 58.8 cm³/mol. The maximum absolute atomic E-state index is 13.6. The zero-order valence-electron chi connectivity index (χ0n) is 8.34. The number of rotatable bonds is 4. The van der Waals surface area contributed by atoms with E-state index in [4.69, 9.17) is 17.4 Å². The van der Waals surface area contributed by atoms with Crippen LogP contribution >= 0.6 is 11.6 Å². The molecule has 0 aromatic heterocycles. The minimum atomic E-state index is -0.286. The van der Waals surface area contributed by atoms with Gasteiger partial charge in [0.15, 0.2) is 0 Å². The standard InChI is InChI=1S/C11H14ClFN2/c12-8-2-1-3-9(13)11(8)10(15-14)6-7-4-5-7/h1-3,7,10,15H,4-6,14H2. The monoisotopic (exact) mass is 228 g/mol. The summed E-state index contributed by atoms with van der Waals surface area (Å²) in [5.41, 5.74) is 3.14. The zero-order valence-corrected chi connectivity index (χ0v) is 9.10. The second-order valence-electron chi connectivity index (χ2n) is 4.03. The van der Waals surface area contributed by atoms with Gasteiger partial charge in [-0.3, -0.25) is 11.3 Å². The summed E-state index contributed by atoms with van der Waals surface area (Å²) in [6, 6.07) is 4.54. The molecule has 0 aliphatic heterocycles. The van der Waals surface area contributed by atoms with Crippen LogP contribution in [0.5, 0.6) is 0 Å². The van der Waals surface area contributed by atoms with Gasteiger partial charge in [0.2, 0.25) is 0 Å². The molecule has 0 spiro atoms. The average molecular weight is 229 g/mol. The van der Waals surface area contributed by atoms with E-state index in [9.17, 15) is 4.39 Å². The number of hydrogen-bond donors (Lipinski definition) is 2. The van der Waals surface area contributed by atoms with Crippen molar-refractivity contribution in [2.75, 3.05) is 0 Å². The maximum atomic E-state index is 13.6. The number of nitrogens with one attached hydrogen (secondary N) is 1. The lowest BCUT2D eigenvalue weighted by Crippen LogP contribution is -2.29. The third-order valence-electron chi connectivity index (χ3n) is 2.82. The number of nitrogens with two attached hydrogens (primary N) is 1. The highest BCUT2D eigenvalue weighted by Crippen LogP contribution is 2.39. The quantitative estimate of drug-likeness (QED) is 0.614. The third kappa shape index (κ3) is 2.48. The lowest BCUT2D eigenvalue weighted by molar-refractivity contribution is 0.463. The minimum absolute atomic E-state index is 0.175. The second kappa shape index (κ2) is 4.47. The first kappa shape index (κ1) is 10.9. The fourth-order valence-corrected chi connectivity index (χ4v) is 2.09. The lowest BCUT2D eigenvalue weighted by Gasteiger charge is -2.17. The highest BCUT2D eigenvalue weighted by molar-refractivity contribution is 6.31. The Balaban J connectivity index is 2.23. The molecule has 1 aliphatic rings.